The smallest absolute Gasteiger partial charge is 0.275 e. The van der Waals surface area contributed by atoms with E-state index in [1.807, 2.05) is 12.1 Å². The largest absolute Gasteiger partial charge is 0.382 e. The second-order valence-electron chi connectivity index (χ2n) is 6.86. The van der Waals surface area contributed by atoms with Gasteiger partial charge in [0.25, 0.3) is 5.56 Å². The van der Waals surface area contributed by atoms with Crippen LogP contribution < -0.4 is 10.9 Å². The van der Waals surface area contributed by atoms with E-state index < -0.39 is 0 Å². The Bertz CT molecular complexity index is 1100. The summed E-state index contributed by atoms with van der Waals surface area (Å²) in [5.74, 6) is 0.515. The third kappa shape index (κ3) is 2.48. The lowest BCUT2D eigenvalue weighted by Gasteiger charge is -2.13. The van der Waals surface area contributed by atoms with Gasteiger partial charge in [-0.3, -0.25) is 9.36 Å². The van der Waals surface area contributed by atoms with Gasteiger partial charge in [0, 0.05) is 23.6 Å². The van der Waals surface area contributed by atoms with E-state index in [1.54, 1.807) is 17.1 Å². The van der Waals surface area contributed by atoms with Crippen molar-refractivity contribution < 1.29 is 0 Å². The fourth-order valence-corrected chi connectivity index (χ4v) is 4.25. The highest BCUT2D eigenvalue weighted by atomic mass is 32.1. The van der Waals surface area contributed by atoms with Gasteiger partial charge < -0.3 is 5.32 Å². The quantitative estimate of drug-likeness (QED) is 0.775. The minimum atomic E-state index is -0.0178. The summed E-state index contributed by atoms with van der Waals surface area (Å²) in [6.45, 7) is 2.17. The third-order valence-corrected chi connectivity index (χ3v) is 5.87. The van der Waals surface area contributed by atoms with E-state index in [2.05, 4.69) is 34.4 Å². The summed E-state index contributed by atoms with van der Waals surface area (Å²) in [7, 11) is 0. The van der Waals surface area contributed by atoms with Gasteiger partial charge in [0.05, 0.1) is 10.9 Å². The van der Waals surface area contributed by atoms with Crippen LogP contribution in [0.5, 0.6) is 0 Å². The average molecular weight is 350 g/mol. The van der Waals surface area contributed by atoms with Crippen molar-refractivity contribution >= 4 is 43.2 Å². The van der Waals surface area contributed by atoms with Gasteiger partial charge in [-0.1, -0.05) is 19.1 Å². The topological polar surface area (TPSA) is 59.8 Å². The maximum Gasteiger partial charge on any atom is 0.275 e. The van der Waals surface area contributed by atoms with Crippen LogP contribution in [0.25, 0.3) is 26.1 Å². The number of nitrogens with one attached hydrogen (secondary N) is 1. The van der Waals surface area contributed by atoms with Crippen LogP contribution in [0, 0.1) is 5.92 Å². The number of hydrogen-bond acceptors (Lipinski definition) is 5. The first-order chi connectivity index (χ1) is 12.2. The fourth-order valence-electron chi connectivity index (χ4n) is 3.20. The van der Waals surface area contributed by atoms with Crippen molar-refractivity contribution in [2.24, 2.45) is 5.92 Å². The molecule has 1 atom stereocenters. The van der Waals surface area contributed by atoms with Crippen molar-refractivity contribution in [1.29, 1.82) is 0 Å². The molecule has 0 radical (unpaired) electrons. The summed E-state index contributed by atoms with van der Waals surface area (Å²) >= 11 is 1.43. The van der Waals surface area contributed by atoms with Gasteiger partial charge >= 0.3 is 0 Å². The highest BCUT2D eigenvalue weighted by Crippen LogP contribution is 2.36. The van der Waals surface area contributed by atoms with Crippen LogP contribution in [-0.2, 0) is 0 Å². The lowest BCUT2D eigenvalue weighted by atomic mass is 10.0. The number of anilines is 1. The van der Waals surface area contributed by atoms with Crippen LogP contribution in [0.1, 0.15) is 26.2 Å². The van der Waals surface area contributed by atoms with E-state index in [4.69, 9.17) is 0 Å². The predicted molar refractivity (Wildman–Crippen MR) is 103 cm³/mol. The summed E-state index contributed by atoms with van der Waals surface area (Å²) < 4.78 is 2.32. The molecular weight excluding hydrogens is 332 g/mol. The molecule has 0 bridgehead atoms. The Balaban J connectivity index is 1.70. The molecule has 1 fully saturated rings. The van der Waals surface area contributed by atoms with E-state index >= 15 is 0 Å². The molecular formula is C19H18N4OS. The SMILES string of the molecule is CC1C=CC(n2cnc3c(sc4nccc(NC5CC5)c43)c2=O)=CC1. The van der Waals surface area contributed by atoms with Gasteiger partial charge in [0.2, 0.25) is 0 Å². The molecule has 0 aliphatic heterocycles. The van der Waals surface area contributed by atoms with Crippen LogP contribution in [-0.4, -0.2) is 20.6 Å². The molecule has 2 aliphatic rings. The molecule has 25 heavy (non-hydrogen) atoms. The molecule has 126 valence electrons. The van der Waals surface area contributed by atoms with Crippen molar-refractivity contribution in [2.45, 2.75) is 32.2 Å². The number of pyridine rings is 1. The van der Waals surface area contributed by atoms with Gasteiger partial charge in [0.1, 0.15) is 15.9 Å². The zero-order valence-corrected chi connectivity index (χ0v) is 14.7. The highest BCUT2D eigenvalue weighted by molar-refractivity contribution is 7.25. The first-order valence-corrected chi connectivity index (χ1v) is 9.46. The Morgan fingerprint density at radius 2 is 2.20 bits per heavy atom. The summed E-state index contributed by atoms with van der Waals surface area (Å²) in [4.78, 5) is 23.0. The van der Waals surface area contributed by atoms with Crippen LogP contribution in [0.3, 0.4) is 0 Å². The van der Waals surface area contributed by atoms with Crippen molar-refractivity contribution in [1.82, 2.24) is 14.5 Å². The van der Waals surface area contributed by atoms with Crippen LogP contribution >= 0.6 is 11.3 Å². The summed E-state index contributed by atoms with van der Waals surface area (Å²) in [6.07, 6.45) is 13.0. The van der Waals surface area contributed by atoms with Crippen LogP contribution in [0.2, 0.25) is 0 Å². The molecule has 5 rings (SSSR count). The Labute approximate surface area is 148 Å². The number of rotatable bonds is 3. The number of allylic oxidation sites excluding steroid dienone is 4. The maximum absolute atomic E-state index is 13.0. The molecule has 0 aromatic carbocycles. The molecule has 3 aromatic rings. The van der Waals surface area contributed by atoms with E-state index in [-0.39, 0.29) is 5.56 Å². The van der Waals surface area contributed by atoms with Gasteiger partial charge in [-0.05, 0) is 37.3 Å². The fraction of sp³-hybridized carbons (Fsp3) is 0.316. The van der Waals surface area contributed by atoms with Crippen molar-refractivity contribution in [3.8, 4) is 0 Å². The normalized spacial score (nSPS) is 20.2. The molecule has 6 heteroatoms. The van der Waals surface area contributed by atoms with Gasteiger partial charge in [0.15, 0.2) is 0 Å². The van der Waals surface area contributed by atoms with Gasteiger partial charge in [-0.25, -0.2) is 9.97 Å². The first-order valence-electron chi connectivity index (χ1n) is 8.65. The first kappa shape index (κ1) is 14.8. The van der Waals surface area contributed by atoms with E-state index in [0.29, 0.717) is 16.7 Å². The van der Waals surface area contributed by atoms with Gasteiger partial charge in [-0.2, -0.15) is 0 Å². The number of thiophene rings is 1. The van der Waals surface area contributed by atoms with E-state index in [9.17, 15) is 4.79 Å². The Hall–Kier alpha value is -2.47. The number of hydrogen-bond donors (Lipinski definition) is 1. The summed E-state index contributed by atoms with van der Waals surface area (Å²) in [6, 6.07) is 2.52. The van der Waals surface area contributed by atoms with Crippen molar-refractivity contribution in [3.63, 3.8) is 0 Å². The molecule has 0 saturated heterocycles. The summed E-state index contributed by atoms with van der Waals surface area (Å²) in [5.41, 5.74) is 2.68. The molecule has 0 spiro atoms. The average Bonchev–Trinajstić information content (AvgIpc) is 3.34. The van der Waals surface area contributed by atoms with Crippen molar-refractivity contribution in [3.05, 3.63) is 47.2 Å². The predicted octanol–water partition coefficient (Wildman–Crippen LogP) is 4.02. The molecule has 1 unspecified atom stereocenters. The zero-order chi connectivity index (χ0) is 17.0. The molecule has 3 heterocycles. The number of fused-ring (bicyclic) bond motifs is 3. The second kappa shape index (κ2) is 5.52. The lowest BCUT2D eigenvalue weighted by Crippen LogP contribution is -2.19. The number of aromatic nitrogens is 3. The van der Waals surface area contributed by atoms with Crippen LogP contribution in [0.15, 0.2) is 41.6 Å². The minimum absolute atomic E-state index is 0.0178. The Morgan fingerprint density at radius 1 is 1.32 bits per heavy atom. The highest BCUT2D eigenvalue weighted by Gasteiger charge is 2.23. The Morgan fingerprint density at radius 3 is 2.96 bits per heavy atom. The molecule has 5 nitrogen and oxygen atoms in total. The molecule has 0 amide bonds. The third-order valence-electron chi connectivity index (χ3n) is 4.79. The van der Waals surface area contributed by atoms with E-state index in [0.717, 1.165) is 33.5 Å². The zero-order valence-electron chi connectivity index (χ0n) is 13.9. The van der Waals surface area contributed by atoms with Gasteiger partial charge in [-0.15, -0.1) is 11.3 Å². The van der Waals surface area contributed by atoms with Crippen LogP contribution in [0.4, 0.5) is 5.69 Å². The molecule has 3 aromatic heterocycles. The molecule has 1 N–H and O–H groups in total. The minimum Gasteiger partial charge on any atom is -0.382 e. The maximum atomic E-state index is 13.0. The molecule has 1 saturated carbocycles. The standard InChI is InChI=1S/C19H18N4OS/c1-11-2-6-13(7-3-11)23-10-21-16-15-14(22-12-4-5-12)8-9-20-18(15)25-17(16)19(23)24/h2,6-12H,3-5H2,1H3,(H,20,22). The monoisotopic (exact) mass is 350 g/mol. The lowest BCUT2D eigenvalue weighted by molar-refractivity contribution is 0.732. The van der Waals surface area contributed by atoms with Crippen molar-refractivity contribution in [2.75, 3.05) is 5.32 Å². The molecule has 2 aliphatic carbocycles. The summed E-state index contributed by atoms with van der Waals surface area (Å²) in [5, 5.41) is 4.51. The van der Waals surface area contributed by atoms with E-state index in [1.165, 1.54) is 24.2 Å². The second-order valence-corrected chi connectivity index (χ2v) is 7.86. The Kier molecular flexibility index (Phi) is 3.28. The number of nitrogens with zero attached hydrogens (tertiary/aromatic N) is 3.